The SMILES string of the molecule is CCCC1=C(Cc2ccc(OCCN3CCCCC3)cc2)c2ccc(C)cc2CC1. The number of piperidine rings is 1. The highest BCUT2D eigenvalue weighted by Gasteiger charge is 2.19. The van der Waals surface area contributed by atoms with Gasteiger partial charge >= 0.3 is 0 Å². The van der Waals surface area contributed by atoms with Crippen molar-refractivity contribution in [2.75, 3.05) is 26.2 Å². The molecule has 2 aromatic rings. The summed E-state index contributed by atoms with van der Waals surface area (Å²) >= 11 is 0. The summed E-state index contributed by atoms with van der Waals surface area (Å²) in [6, 6.07) is 15.8. The van der Waals surface area contributed by atoms with Gasteiger partial charge in [0.15, 0.2) is 0 Å². The molecule has 4 rings (SSSR count). The number of fused-ring (bicyclic) bond motifs is 1. The monoisotopic (exact) mass is 403 g/mol. The number of rotatable bonds is 8. The molecule has 2 aromatic carbocycles. The molecule has 1 saturated heterocycles. The van der Waals surface area contributed by atoms with E-state index >= 15 is 0 Å². The van der Waals surface area contributed by atoms with Crippen molar-refractivity contribution in [3.8, 4) is 5.75 Å². The zero-order valence-corrected chi connectivity index (χ0v) is 18.9. The first kappa shape index (κ1) is 21.2. The zero-order valence-electron chi connectivity index (χ0n) is 18.9. The molecule has 0 saturated carbocycles. The number of hydrogen-bond donors (Lipinski definition) is 0. The average Bonchev–Trinajstić information content (AvgIpc) is 2.77. The van der Waals surface area contributed by atoms with Gasteiger partial charge in [-0.1, -0.05) is 61.2 Å². The molecule has 1 heterocycles. The van der Waals surface area contributed by atoms with Crippen LogP contribution in [0.15, 0.2) is 48.0 Å². The van der Waals surface area contributed by atoms with Crippen molar-refractivity contribution in [1.82, 2.24) is 4.90 Å². The van der Waals surface area contributed by atoms with Gasteiger partial charge in [0.1, 0.15) is 12.4 Å². The lowest BCUT2D eigenvalue weighted by Crippen LogP contribution is -2.33. The molecule has 30 heavy (non-hydrogen) atoms. The molecule has 2 heteroatoms. The maximum absolute atomic E-state index is 6.03. The van der Waals surface area contributed by atoms with E-state index in [0.29, 0.717) is 0 Å². The minimum Gasteiger partial charge on any atom is -0.492 e. The Hall–Kier alpha value is -2.06. The summed E-state index contributed by atoms with van der Waals surface area (Å²) in [5.74, 6) is 0.998. The number of allylic oxidation sites excluding steroid dienone is 2. The van der Waals surface area contributed by atoms with E-state index in [1.165, 1.54) is 80.3 Å². The summed E-state index contributed by atoms with van der Waals surface area (Å²) in [5, 5.41) is 0. The first-order chi connectivity index (χ1) is 14.7. The highest BCUT2D eigenvalue weighted by molar-refractivity contribution is 5.75. The molecule has 1 aliphatic heterocycles. The summed E-state index contributed by atoms with van der Waals surface area (Å²) in [6.07, 6.45) is 9.96. The van der Waals surface area contributed by atoms with Crippen molar-refractivity contribution in [3.05, 3.63) is 70.3 Å². The molecule has 0 radical (unpaired) electrons. The van der Waals surface area contributed by atoms with Crippen LogP contribution in [0.2, 0.25) is 0 Å². The van der Waals surface area contributed by atoms with Crippen molar-refractivity contribution in [3.63, 3.8) is 0 Å². The quantitative estimate of drug-likeness (QED) is 0.492. The number of ether oxygens (including phenoxy) is 1. The van der Waals surface area contributed by atoms with Crippen molar-refractivity contribution in [2.45, 2.75) is 65.2 Å². The lowest BCUT2D eigenvalue weighted by Gasteiger charge is -2.26. The van der Waals surface area contributed by atoms with Crippen molar-refractivity contribution in [2.24, 2.45) is 0 Å². The fraction of sp³-hybridized carbons (Fsp3) is 0.500. The second-order valence-electron chi connectivity index (χ2n) is 9.06. The fourth-order valence-electron chi connectivity index (χ4n) is 5.03. The van der Waals surface area contributed by atoms with E-state index in [4.69, 9.17) is 4.74 Å². The van der Waals surface area contributed by atoms with Crippen LogP contribution in [0.4, 0.5) is 0 Å². The molecular weight excluding hydrogens is 366 g/mol. The predicted octanol–water partition coefficient (Wildman–Crippen LogP) is 6.60. The topological polar surface area (TPSA) is 12.5 Å². The van der Waals surface area contributed by atoms with Crippen LogP contribution < -0.4 is 4.74 Å². The standard InChI is InChI=1S/C28H37NO/c1-3-7-24-11-12-25-20-22(2)8-15-27(25)28(24)21-23-9-13-26(14-10-23)30-19-18-29-16-5-4-6-17-29/h8-10,13-15,20H,3-7,11-12,16-19,21H2,1-2H3. The van der Waals surface area contributed by atoms with Gasteiger partial charge in [0.2, 0.25) is 0 Å². The summed E-state index contributed by atoms with van der Waals surface area (Å²) in [6.45, 7) is 8.81. The maximum Gasteiger partial charge on any atom is 0.119 e. The minimum atomic E-state index is 0.790. The maximum atomic E-state index is 6.03. The van der Waals surface area contributed by atoms with E-state index in [-0.39, 0.29) is 0 Å². The van der Waals surface area contributed by atoms with E-state index in [9.17, 15) is 0 Å². The Morgan fingerprint density at radius 3 is 2.50 bits per heavy atom. The van der Waals surface area contributed by atoms with Crippen LogP contribution in [-0.2, 0) is 12.8 Å². The average molecular weight is 404 g/mol. The predicted molar refractivity (Wildman–Crippen MR) is 127 cm³/mol. The second-order valence-corrected chi connectivity index (χ2v) is 9.06. The van der Waals surface area contributed by atoms with E-state index in [0.717, 1.165) is 25.3 Å². The summed E-state index contributed by atoms with van der Waals surface area (Å²) in [5.41, 5.74) is 9.00. The van der Waals surface area contributed by atoms with Gasteiger partial charge in [0, 0.05) is 6.54 Å². The highest BCUT2D eigenvalue weighted by Crippen LogP contribution is 2.36. The second kappa shape index (κ2) is 10.3. The molecule has 160 valence electrons. The Morgan fingerprint density at radius 1 is 0.933 bits per heavy atom. The van der Waals surface area contributed by atoms with Crippen LogP contribution >= 0.6 is 0 Å². The zero-order chi connectivity index (χ0) is 20.8. The number of aryl methyl sites for hydroxylation is 2. The van der Waals surface area contributed by atoms with E-state index < -0.39 is 0 Å². The lowest BCUT2D eigenvalue weighted by atomic mass is 9.81. The Balaban J connectivity index is 1.41. The Bertz CT molecular complexity index is 859. The Morgan fingerprint density at radius 2 is 1.73 bits per heavy atom. The molecule has 1 aliphatic carbocycles. The fourth-order valence-corrected chi connectivity index (χ4v) is 5.03. The number of likely N-dealkylation sites (tertiary alicyclic amines) is 1. The van der Waals surface area contributed by atoms with Gasteiger partial charge in [0.25, 0.3) is 0 Å². The molecule has 0 atom stereocenters. The third kappa shape index (κ3) is 5.35. The van der Waals surface area contributed by atoms with Crippen LogP contribution in [-0.4, -0.2) is 31.1 Å². The van der Waals surface area contributed by atoms with Gasteiger partial charge < -0.3 is 4.74 Å². The van der Waals surface area contributed by atoms with Crippen LogP contribution in [0.1, 0.15) is 67.7 Å². The molecular formula is C28H37NO. The van der Waals surface area contributed by atoms with Gasteiger partial charge in [-0.05, 0) is 92.9 Å². The summed E-state index contributed by atoms with van der Waals surface area (Å²) in [7, 11) is 0. The van der Waals surface area contributed by atoms with Gasteiger partial charge in [0.05, 0.1) is 0 Å². The number of nitrogens with zero attached hydrogens (tertiary/aromatic N) is 1. The first-order valence-corrected chi connectivity index (χ1v) is 12.0. The lowest BCUT2D eigenvalue weighted by molar-refractivity contribution is 0.183. The Kier molecular flexibility index (Phi) is 7.28. The third-order valence-electron chi connectivity index (χ3n) is 6.69. The first-order valence-electron chi connectivity index (χ1n) is 12.0. The van der Waals surface area contributed by atoms with Crippen molar-refractivity contribution >= 4 is 5.57 Å². The molecule has 0 spiro atoms. The molecule has 0 unspecified atom stereocenters. The summed E-state index contributed by atoms with van der Waals surface area (Å²) < 4.78 is 6.03. The third-order valence-corrected chi connectivity index (χ3v) is 6.69. The van der Waals surface area contributed by atoms with Gasteiger partial charge in [-0.15, -0.1) is 0 Å². The van der Waals surface area contributed by atoms with Gasteiger partial charge in [-0.3, -0.25) is 4.90 Å². The molecule has 1 fully saturated rings. The van der Waals surface area contributed by atoms with E-state index in [1.807, 2.05) is 0 Å². The molecule has 2 nitrogen and oxygen atoms in total. The smallest absolute Gasteiger partial charge is 0.119 e. The molecule has 0 amide bonds. The number of benzene rings is 2. The van der Waals surface area contributed by atoms with Crippen LogP contribution in [0.25, 0.3) is 5.57 Å². The normalized spacial score (nSPS) is 17.1. The summed E-state index contributed by atoms with van der Waals surface area (Å²) in [4.78, 5) is 2.53. The van der Waals surface area contributed by atoms with Crippen molar-refractivity contribution < 1.29 is 4.74 Å². The van der Waals surface area contributed by atoms with Crippen molar-refractivity contribution in [1.29, 1.82) is 0 Å². The van der Waals surface area contributed by atoms with E-state index in [2.05, 4.69) is 61.2 Å². The minimum absolute atomic E-state index is 0.790. The highest BCUT2D eigenvalue weighted by atomic mass is 16.5. The van der Waals surface area contributed by atoms with Crippen LogP contribution in [0.3, 0.4) is 0 Å². The molecule has 0 N–H and O–H groups in total. The molecule has 2 aliphatic rings. The van der Waals surface area contributed by atoms with Crippen LogP contribution in [0.5, 0.6) is 5.75 Å². The van der Waals surface area contributed by atoms with E-state index in [1.54, 1.807) is 11.1 Å². The molecule has 0 aromatic heterocycles. The molecule has 0 bridgehead atoms. The Labute approximate surface area is 182 Å². The van der Waals surface area contributed by atoms with Gasteiger partial charge in [-0.2, -0.15) is 0 Å². The number of hydrogen-bond acceptors (Lipinski definition) is 2. The van der Waals surface area contributed by atoms with Gasteiger partial charge in [-0.25, -0.2) is 0 Å². The largest absolute Gasteiger partial charge is 0.492 e. The van der Waals surface area contributed by atoms with Crippen LogP contribution in [0, 0.1) is 6.92 Å².